The first-order valence-electron chi connectivity index (χ1n) is 3.21. The van der Waals surface area contributed by atoms with Crippen LogP contribution in [0.1, 0.15) is 26.2 Å². The predicted octanol–water partition coefficient (Wildman–Crippen LogP) is -0.528. The Balaban J connectivity index is 3.51. The van der Waals surface area contributed by atoms with Crippen molar-refractivity contribution in [2.75, 3.05) is 0 Å². The first-order chi connectivity index (χ1) is 4.62. The van der Waals surface area contributed by atoms with Gasteiger partial charge in [0.2, 0.25) is 5.91 Å². The number of rotatable bonds is 5. The van der Waals surface area contributed by atoms with Gasteiger partial charge < -0.3 is 10.2 Å². The maximum Gasteiger partial charge on any atom is 0.313 e. The van der Waals surface area contributed by atoms with Crippen LogP contribution in [0.5, 0.6) is 0 Å². The largest absolute Gasteiger partial charge is 0.349 e. The second kappa shape index (κ2) is 4.24. The van der Waals surface area contributed by atoms with E-state index in [1.807, 2.05) is 6.92 Å². The second-order valence-electron chi connectivity index (χ2n) is 2.15. The first kappa shape index (κ1) is 9.39. The van der Waals surface area contributed by atoms with Gasteiger partial charge in [-0.2, -0.15) is 0 Å². The summed E-state index contributed by atoms with van der Waals surface area (Å²) in [6.07, 6.45) is 2.86. The molecule has 10 heavy (non-hydrogen) atoms. The molecular formula is C6H12NO3. The average Bonchev–Trinajstić information content (AvgIpc) is 1.84. The summed E-state index contributed by atoms with van der Waals surface area (Å²) in [5, 5.41) is 19.4. The summed E-state index contributed by atoms with van der Waals surface area (Å²) in [6, 6.07) is 0. The summed E-state index contributed by atoms with van der Waals surface area (Å²) in [4.78, 5) is 9.63. The molecule has 0 aliphatic carbocycles. The molecule has 0 aliphatic rings. The van der Waals surface area contributed by atoms with E-state index in [0.29, 0.717) is 6.42 Å². The predicted molar refractivity (Wildman–Crippen MR) is 35.5 cm³/mol. The Labute approximate surface area is 59.9 Å². The third-order valence-electron chi connectivity index (χ3n) is 1.13. The van der Waals surface area contributed by atoms with E-state index in [1.54, 1.807) is 5.32 Å². The second-order valence-corrected chi connectivity index (χ2v) is 2.15. The van der Waals surface area contributed by atoms with E-state index >= 15 is 0 Å². The Morgan fingerprint density at radius 2 is 2.20 bits per heavy atom. The highest BCUT2D eigenvalue weighted by Crippen LogP contribution is 2.05. The molecule has 0 saturated carbocycles. The van der Waals surface area contributed by atoms with Gasteiger partial charge in [0, 0.05) is 6.42 Å². The van der Waals surface area contributed by atoms with Crippen molar-refractivity contribution >= 4 is 6.41 Å². The fourth-order valence-electron chi connectivity index (χ4n) is 0.568. The lowest BCUT2D eigenvalue weighted by Crippen LogP contribution is -2.43. The third-order valence-corrected chi connectivity index (χ3v) is 1.13. The van der Waals surface area contributed by atoms with Gasteiger partial charge in [-0.15, -0.1) is 0 Å². The fraction of sp³-hybridized carbons (Fsp3) is 0.833. The molecule has 0 aromatic carbocycles. The summed E-state index contributed by atoms with van der Waals surface area (Å²) in [5.74, 6) is -2.07. The number of hydrogen-bond donors (Lipinski definition) is 3. The Kier molecular flexibility index (Phi) is 3.99. The zero-order valence-electron chi connectivity index (χ0n) is 5.92. The number of amides is 1. The Hall–Kier alpha value is -0.610. The molecule has 1 amide bonds. The van der Waals surface area contributed by atoms with Crippen molar-refractivity contribution < 1.29 is 15.0 Å². The highest BCUT2D eigenvalue weighted by Gasteiger charge is 2.20. The van der Waals surface area contributed by atoms with Gasteiger partial charge in [-0.3, -0.25) is 10.1 Å². The fourth-order valence-corrected chi connectivity index (χ4v) is 0.568. The zero-order chi connectivity index (χ0) is 8.04. The quantitative estimate of drug-likeness (QED) is 0.361. The van der Waals surface area contributed by atoms with Crippen LogP contribution in [0.4, 0.5) is 0 Å². The zero-order valence-corrected chi connectivity index (χ0v) is 5.92. The number of unbranched alkanes of at least 4 members (excludes halogenated alkanes) is 1. The minimum absolute atomic E-state index is 0.138. The van der Waals surface area contributed by atoms with E-state index in [0.717, 1.165) is 6.42 Å². The Morgan fingerprint density at radius 3 is 2.60 bits per heavy atom. The topological polar surface area (TPSA) is 69.6 Å². The standard InChI is InChI=1S/C6H12NO3/c1-2-3-4-6(9,10)7-5-8/h9-10H,2-4H2,1H3,(H,7,8). The molecule has 0 heterocycles. The molecule has 0 aromatic rings. The molecule has 59 valence electrons. The summed E-state index contributed by atoms with van der Waals surface area (Å²) in [5.41, 5.74) is 0. The van der Waals surface area contributed by atoms with Crippen LogP contribution in [-0.2, 0) is 4.79 Å². The molecule has 0 aliphatic heterocycles. The van der Waals surface area contributed by atoms with Crippen LogP contribution < -0.4 is 5.32 Å². The highest BCUT2D eigenvalue weighted by molar-refractivity contribution is 5.47. The summed E-state index contributed by atoms with van der Waals surface area (Å²) in [6.45, 7) is 1.92. The number of nitrogens with one attached hydrogen (secondary N) is 1. The van der Waals surface area contributed by atoms with Gasteiger partial charge in [0.1, 0.15) is 0 Å². The van der Waals surface area contributed by atoms with Crippen molar-refractivity contribution in [3.8, 4) is 0 Å². The van der Waals surface area contributed by atoms with Gasteiger partial charge in [0.15, 0.2) is 0 Å². The molecule has 0 saturated heterocycles. The van der Waals surface area contributed by atoms with Crippen molar-refractivity contribution in [2.45, 2.75) is 32.1 Å². The van der Waals surface area contributed by atoms with Crippen LogP contribution in [-0.4, -0.2) is 22.5 Å². The maximum atomic E-state index is 9.63. The van der Waals surface area contributed by atoms with Gasteiger partial charge in [-0.1, -0.05) is 13.3 Å². The lowest BCUT2D eigenvalue weighted by atomic mass is 10.2. The van der Waals surface area contributed by atoms with Gasteiger partial charge in [0.05, 0.1) is 0 Å². The molecule has 1 radical (unpaired) electrons. The van der Waals surface area contributed by atoms with Crippen LogP contribution in [0.2, 0.25) is 0 Å². The lowest BCUT2D eigenvalue weighted by molar-refractivity contribution is -0.177. The molecular weight excluding hydrogens is 134 g/mol. The van der Waals surface area contributed by atoms with E-state index in [4.69, 9.17) is 10.2 Å². The van der Waals surface area contributed by atoms with E-state index in [2.05, 4.69) is 0 Å². The van der Waals surface area contributed by atoms with Crippen molar-refractivity contribution in [1.29, 1.82) is 0 Å². The summed E-state index contributed by atoms with van der Waals surface area (Å²) >= 11 is 0. The molecule has 4 nitrogen and oxygen atoms in total. The minimum atomic E-state index is -2.07. The molecule has 3 N–H and O–H groups in total. The van der Waals surface area contributed by atoms with Crippen LogP contribution in [0.15, 0.2) is 0 Å². The van der Waals surface area contributed by atoms with Gasteiger partial charge in [-0.25, -0.2) is 0 Å². The molecule has 0 rings (SSSR count). The minimum Gasteiger partial charge on any atom is -0.349 e. The third kappa shape index (κ3) is 4.29. The molecule has 0 spiro atoms. The number of aliphatic hydroxyl groups is 2. The SMILES string of the molecule is CCCCC(O)(O)N[C]=O. The van der Waals surface area contributed by atoms with Crippen molar-refractivity contribution in [3.05, 3.63) is 0 Å². The van der Waals surface area contributed by atoms with Gasteiger partial charge in [0.25, 0.3) is 0 Å². The Morgan fingerprint density at radius 1 is 1.60 bits per heavy atom. The van der Waals surface area contributed by atoms with Crippen LogP contribution in [0, 0.1) is 0 Å². The van der Waals surface area contributed by atoms with Crippen LogP contribution >= 0.6 is 0 Å². The van der Waals surface area contributed by atoms with E-state index in [1.165, 1.54) is 6.41 Å². The van der Waals surface area contributed by atoms with Crippen molar-refractivity contribution in [2.24, 2.45) is 0 Å². The lowest BCUT2D eigenvalue weighted by Gasteiger charge is -2.18. The van der Waals surface area contributed by atoms with Gasteiger partial charge >= 0.3 is 6.41 Å². The smallest absolute Gasteiger partial charge is 0.313 e. The van der Waals surface area contributed by atoms with Crippen LogP contribution in [0.3, 0.4) is 0 Å². The van der Waals surface area contributed by atoms with Crippen molar-refractivity contribution in [3.63, 3.8) is 0 Å². The van der Waals surface area contributed by atoms with Crippen molar-refractivity contribution in [1.82, 2.24) is 5.32 Å². The molecule has 0 fully saturated rings. The normalized spacial score (nSPS) is 11.1. The summed E-state index contributed by atoms with van der Waals surface area (Å²) in [7, 11) is 0. The first-order valence-corrected chi connectivity index (χ1v) is 3.21. The van der Waals surface area contributed by atoms with E-state index in [-0.39, 0.29) is 6.42 Å². The average molecular weight is 146 g/mol. The van der Waals surface area contributed by atoms with Gasteiger partial charge in [-0.05, 0) is 6.42 Å². The molecule has 0 bridgehead atoms. The number of carbonyl (C=O) groups excluding carboxylic acids is 1. The molecule has 0 atom stereocenters. The van der Waals surface area contributed by atoms with Crippen LogP contribution in [0.25, 0.3) is 0 Å². The Bertz CT molecular complexity index is 103. The monoisotopic (exact) mass is 146 g/mol. The van der Waals surface area contributed by atoms with E-state index < -0.39 is 5.91 Å². The van der Waals surface area contributed by atoms with E-state index in [9.17, 15) is 4.79 Å². The highest BCUT2D eigenvalue weighted by atomic mass is 16.5. The number of hydrogen-bond acceptors (Lipinski definition) is 3. The summed E-state index contributed by atoms with van der Waals surface area (Å²) < 4.78 is 0. The molecule has 0 unspecified atom stereocenters. The maximum absolute atomic E-state index is 9.63. The molecule has 0 aromatic heterocycles. The molecule has 4 heteroatoms.